The molecular weight excluding hydrogens is 520 g/mol. The molecule has 4 aromatic rings. The highest BCUT2D eigenvalue weighted by molar-refractivity contribution is 7.89. The second-order valence-electron chi connectivity index (χ2n) is 9.11. The normalized spacial score (nSPS) is 12.7. The molecule has 0 saturated heterocycles. The molecule has 0 spiro atoms. The van der Waals surface area contributed by atoms with E-state index >= 15 is 0 Å². The maximum Gasteiger partial charge on any atom is 0.338 e. The number of rotatable bonds is 9. The van der Waals surface area contributed by atoms with E-state index in [0.717, 1.165) is 17.4 Å². The number of aromatic amines is 1. The molecule has 3 aromatic carbocycles. The molecule has 0 amide bonds. The van der Waals surface area contributed by atoms with Gasteiger partial charge in [-0.15, -0.1) is 0 Å². The summed E-state index contributed by atoms with van der Waals surface area (Å²) in [6.45, 7) is 3.73. The number of pyridine rings is 1. The molecule has 2 heterocycles. The van der Waals surface area contributed by atoms with Crippen LogP contribution in [0.25, 0.3) is 10.9 Å². The van der Waals surface area contributed by atoms with E-state index in [2.05, 4.69) is 4.98 Å². The maximum atomic E-state index is 14.0. The van der Waals surface area contributed by atoms with Gasteiger partial charge >= 0.3 is 5.97 Å². The maximum absolute atomic E-state index is 14.0. The van der Waals surface area contributed by atoms with Crippen LogP contribution in [0.1, 0.15) is 40.9 Å². The quantitative estimate of drug-likeness (QED) is 0.309. The van der Waals surface area contributed by atoms with Gasteiger partial charge in [0.1, 0.15) is 0 Å². The Kier molecular flexibility index (Phi) is 7.40. The number of aromatic nitrogens is 1. The minimum atomic E-state index is -4.16. The number of nitrogens with one attached hydrogen (secondary N) is 1. The van der Waals surface area contributed by atoms with E-state index in [1.54, 1.807) is 31.2 Å². The molecule has 0 bridgehead atoms. The van der Waals surface area contributed by atoms with Gasteiger partial charge in [-0.25, -0.2) is 13.2 Å². The van der Waals surface area contributed by atoms with Gasteiger partial charge in [0.15, 0.2) is 11.5 Å². The van der Waals surface area contributed by atoms with Gasteiger partial charge in [0.05, 0.1) is 17.1 Å². The van der Waals surface area contributed by atoms with Crippen LogP contribution in [-0.4, -0.2) is 37.1 Å². The molecule has 0 saturated carbocycles. The predicted octanol–water partition coefficient (Wildman–Crippen LogP) is 4.39. The molecule has 39 heavy (non-hydrogen) atoms. The van der Waals surface area contributed by atoms with E-state index in [1.807, 2.05) is 25.1 Å². The van der Waals surface area contributed by atoms with E-state index in [9.17, 15) is 18.0 Å². The molecule has 5 rings (SSSR count). The lowest BCUT2D eigenvalue weighted by atomic mass is 10.1. The molecule has 0 aliphatic carbocycles. The average molecular weight is 549 g/mol. The third kappa shape index (κ3) is 5.52. The summed E-state index contributed by atoms with van der Waals surface area (Å²) in [4.78, 5) is 28.1. The van der Waals surface area contributed by atoms with Gasteiger partial charge in [0.2, 0.25) is 16.8 Å². The number of esters is 1. The van der Waals surface area contributed by atoms with Crippen molar-refractivity contribution in [3.05, 3.63) is 99.3 Å². The Morgan fingerprint density at radius 1 is 0.949 bits per heavy atom. The first kappa shape index (κ1) is 26.5. The fraction of sp³-hybridized carbons (Fsp3) is 0.241. The van der Waals surface area contributed by atoms with Gasteiger partial charge < -0.3 is 19.2 Å². The van der Waals surface area contributed by atoms with Gasteiger partial charge in [0, 0.05) is 24.2 Å². The fourth-order valence-electron chi connectivity index (χ4n) is 4.44. The molecule has 0 unspecified atom stereocenters. The lowest BCUT2D eigenvalue weighted by Crippen LogP contribution is -2.32. The summed E-state index contributed by atoms with van der Waals surface area (Å²) in [6.07, 6.45) is 0.825. The zero-order chi connectivity index (χ0) is 27.6. The predicted molar refractivity (Wildman–Crippen MR) is 145 cm³/mol. The van der Waals surface area contributed by atoms with Crippen LogP contribution < -0.4 is 15.0 Å². The zero-order valence-corrected chi connectivity index (χ0v) is 22.4. The summed E-state index contributed by atoms with van der Waals surface area (Å²) >= 11 is 0. The van der Waals surface area contributed by atoms with E-state index in [1.165, 1.54) is 28.6 Å². The van der Waals surface area contributed by atoms with Gasteiger partial charge in [-0.3, -0.25) is 4.79 Å². The van der Waals surface area contributed by atoms with Crippen molar-refractivity contribution in [1.82, 2.24) is 9.29 Å². The molecule has 9 nitrogen and oxygen atoms in total. The van der Waals surface area contributed by atoms with Crippen LogP contribution in [-0.2, 0) is 34.3 Å². The first-order valence-corrected chi connectivity index (χ1v) is 14.0. The van der Waals surface area contributed by atoms with E-state index in [0.29, 0.717) is 28.1 Å². The van der Waals surface area contributed by atoms with Crippen LogP contribution in [0.3, 0.4) is 0 Å². The molecule has 0 atom stereocenters. The average Bonchev–Trinajstić information content (AvgIpc) is 3.41. The summed E-state index contributed by atoms with van der Waals surface area (Å²) < 4.78 is 45.1. The van der Waals surface area contributed by atoms with Crippen LogP contribution in [0, 0.1) is 0 Å². The second-order valence-corrected chi connectivity index (χ2v) is 11.0. The Bertz CT molecular complexity index is 1710. The van der Waals surface area contributed by atoms with Crippen molar-refractivity contribution in [2.45, 2.75) is 38.3 Å². The smallest absolute Gasteiger partial charge is 0.338 e. The monoisotopic (exact) mass is 548 g/mol. The van der Waals surface area contributed by atoms with Crippen molar-refractivity contribution in [2.75, 3.05) is 13.4 Å². The van der Waals surface area contributed by atoms with Gasteiger partial charge in [-0.2, -0.15) is 4.31 Å². The van der Waals surface area contributed by atoms with Crippen molar-refractivity contribution >= 4 is 26.9 Å². The molecule has 202 valence electrons. The van der Waals surface area contributed by atoms with Gasteiger partial charge in [-0.05, 0) is 78.4 Å². The van der Waals surface area contributed by atoms with Crippen molar-refractivity contribution in [3.63, 3.8) is 0 Å². The van der Waals surface area contributed by atoms with E-state index < -0.39 is 16.0 Å². The third-order valence-corrected chi connectivity index (χ3v) is 8.31. The fourth-order valence-corrected chi connectivity index (χ4v) is 5.90. The topological polar surface area (TPSA) is 115 Å². The number of sulfonamides is 1. The Balaban J connectivity index is 1.56. The third-order valence-electron chi connectivity index (χ3n) is 6.52. The highest BCUT2D eigenvalue weighted by Crippen LogP contribution is 2.33. The van der Waals surface area contributed by atoms with Gasteiger partial charge in [0.25, 0.3) is 5.56 Å². The first-order chi connectivity index (χ1) is 18.8. The molecule has 10 heteroatoms. The van der Waals surface area contributed by atoms with Crippen molar-refractivity contribution < 1.29 is 27.4 Å². The summed E-state index contributed by atoms with van der Waals surface area (Å²) in [5.41, 5.74) is 2.46. The van der Waals surface area contributed by atoms with Crippen molar-refractivity contribution in [3.8, 4) is 11.5 Å². The molecule has 1 aromatic heterocycles. The number of aryl methyl sites for hydroxylation is 1. The lowest BCUT2D eigenvalue weighted by Gasteiger charge is -2.23. The molecule has 1 N–H and O–H groups in total. The summed E-state index contributed by atoms with van der Waals surface area (Å²) in [5.74, 6) is 0.479. The lowest BCUT2D eigenvalue weighted by molar-refractivity contribution is 0.0526. The van der Waals surface area contributed by atoms with E-state index in [-0.39, 0.29) is 42.5 Å². The highest BCUT2D eigenvalue weighted by Gasteiger charge is 2.28. The number of benzene rings is 3. The largest absolute Gasteiger partial charge is 0.462 e. The number of hydrogen-bond acceptors (Lipinski definition) is 7. The van der Waals surface area contributed by atoms with Crippen molar-refractivity contribution in [2.24, 2.45) is 0 Å². The molecule has 1 aliphatic heterocycles. The Morgan fingerprint density at radius 2 is 1.74 bits per heavy atom. The minimum absolute atomic E-state index is 0.0465. The van der Waals surface area contributed by atoms with Crippen LogP contribution in [0.2, 0.25) is 0 Å². The number of carbonyl (C=O) groups excluding carboxylic acids is 1. The van der Waals surface area contributed by atoms with Crippen LogP contribution >= 0.6 is 0 Å². The summed E-state index contributed by atoms with van der Waals surface area (Å²) in [7, 11) is -4.16. The van der Waals surface area contributed by atoms with Crippen LogP contribution in [0.4, 0.5) is 0 Å². The Morgan fingerprint density at radius 3 is 2.54 bits per heavy atom. The number of ether oxygens (including phenoxy) is 3. The molecular formula is C29H28N2O7S. The Labute approximate surface area is 226 Å². The Hall–Kier alpha value is -4.15. The van der Waals surface area contributed by atoms with Gasteiger partial charge in [-0.1, -0.05) is 25.1 Å². The first-order valence-electron chi connectivity index (χ1n) is 12.6. The van der Waals surface area contributed by atoms with E-state index in [4.69, 9.17) is 14.2 Å². The molecule has 1 aliphatic rings. The minimum Gasteiger partial charge on any atom is -0.462 e. The number of carbonyl (C=O) groups is 1. The molecule has 0 radical (unpaired) electrons. The number of hydrogen-bond donors (Lipinski definition) is 1. The molecule has 0 fully saturated rings. The number of nitrogens with zero attached hydrogens (tertiary/aromatic N) is 1. The summed E-state index contributed by atoms with van der Waals surface area (Å²) in [6, 6.07) is 18.4. The van der Waals surface area contributed by atoms with Crippen molar-refractivity contribution in [1.29, 1.82) is 0 Å². The SMILES string of the molecule is CCOC(=O)c1cccc(S(=O)(=O)N(Cc2ccc3c(c2)OCO3)Cc2cc3cc(CC)ccc3[nH]c2=O)c1. The standard InChI is InChI=1S/C29H28N2O7S/c1-3-19-8-10-25-22(12-19)14-23(28(32)30-25)17-31(16-20-9-11-26-27(13-20)38-18-37-26)39(34,35)24-7-5-6-21(15-24)29(33)36-4-2/h5-15H,3-4,16-18H2,1-2H3,(H,30,32). The summed E-state index contributed by atoms with van der Waals surface area (Å²) in [5, 5.41) is 0.814. The number of H-pyrrole nitrogens is 1. The highest BCUT2D eigenvalue weighted by atomic mass is 32.2. The second kappa shape index (κ2) is 10.9. The zero-order valence-electron chi connectivity index (χ0n) is 21.6. The van der Waals surface area contributed by atoms with Crippen LogP contribution in [0.15, 0.2) is 76.4 Å². The number of fused-ring (bicyclic) bond motifs is 2. The van der Waals surface area contributed by atoms with Crippen LogP contribution in [0.5, 0.6) is 11.5 Å².